The molecule has 0 bridgehead atoms. The summed E-state index contributed by atoms with van der Waals surface area (Å²) < 4.78 is 5.18. The Labute approximate surface area is 201 Å². The van der Waals surface area contributed by atoms with Gasteiger partial charge in [-0.05, 0) is 68.1 Å². The second-order valence-corrected chi connectivity index (χ2v) is 9.06. The molecule has 0 aliphatic heterocycles. The third kappa shape index (κ3) is 6.00. The number of aryl methyl sites for hydroxylation is 2. The number of carbonyl (C=O) groups excluding carboxylic acids is 3. The molecular formula is C25H25ClN2O4S. The van der Waals surface area contributed by atoms with Gasteiger partial charge >= 0.3 is 5.97 Å². The second-order valence-electron chi connectivity index (χ2n) is 7.60. The van der Waals surface area contributed by atoms with Gasteiger partial charge in [0.05, 0.1) is 23.5 Å². The second kappa shape index (κ2) is 10.6. The normalized spacial score (nSPS) is 10.6. The van der Waals surface area contributed by atoms with E-state index in [1.807, 2.05) is 32.0 Å². The highest BCUT2D eigenvalue weighted by atomic mass is 35.5. The van der Waals surface area contributed by atoms with Crippen molar-refractivity contribution >= 4 is 51.4 Å². The summed E-state index contributed by atoms with van der Waals surface area (Å²) in [4.78, 5) is 38.7. The van der Waals surface area contributed by atoms with Crippen LogP contribution in [0.5, 0.6) is 0 Å². The molecule has 0 saturated heterocycles. The van der Waals surface area contributed by atoms with Gasteiger partial charge in [-0.15, -0.1) is 11.3 Å². The predicted octanol–water partition coefficient (Wildman–Crippen LogP) is 5.94. The van der Waals surface area contributed by atoms with Crippen LogP contribution in [0.2, 0.25) is 5.02 Å². The number of thiophene rings is 1. The molecule has 3 rings (SSSR count). The average Bonchev–Trinajstić information content (AvgIpc) is 3.08. The summed E-state index contributed by atoms with van der Waals surface area (Å²) in [6.45, 7) is 7.40. The Morgan fingerprint density at radius 3 is 2.36 bits per heavy atom. The van der Waals surface area contributed by atoms with Crippen molar-refractivity contribution in [2.45, 2.75) is 34.1 Å². The molecule has 33 heavy (non-hydrogen) atoms. The fraction of sp³-hybridized carbons (Fsp3) is 0.240. The van der Waals surface area contributed by atoms with E-state index in [1.54, 1.807) is 38.1 Å². The van der Waals surface area contributed by atoms with Crippen LogP contribution in [0.25, 0.3) is 0 Å². The molecule has 0 atom stereocenters. The fourth-order valence-electron chi connectivity index (χ4n) is 3.28. The predicted molar refractivity (Wildman–Crippen MR) is 133 cm³/mol. The molecule has 8 heteroatoms. The zero-order valence-electron chi connectivity index (χ0n) is 18.9. The minimum atomic E-state index is -0.584. The van der Waals surface area contributed by atoms with E-state index in [1.165, 1.54) is 0 Å². The lowest BCUT2D eigenvalue weighted by atomic mass is 10.1. The molecule has 2 N–H and O–H groups in total. The summed E-state index contributed by atoms with van der Waals surface area (Å²) in [5.74, 6) is -1.25. The minimum absolute atomic E-state index is 0.0976. The van der Waals surface area contributed by atoms with Gasteiger partial charge in [-0.2, -0.15) is 0 Å². The first-order valence-electron chi connectivity index (χ1n) is 10.4. The van der Waals surface area contributed by atoms with Crippen LogP contribution in [0.4, 0.5) is 10.7 Å². The monoisotopic (exact) mass is 484 g/mol. The molecule has 1 aromatic heterocycles. The third-order valence-corrected chi connectivity index (χ3v) is 6.46. The lowest BCUT2D eigenvalue weighted by Gasteiger charge is -2.09. The first kappa shape index (κ1) is 24.5. The molecule has 0 saturated carbocycles. The molecule has 0 radical (unpaired) electrons. The number of hydrogen-bond donors (Lipinski definition) is 2. The van der Waals surface area contributed by atoms with Gasteiger partial charge in [0.15, 0.2) is 0 Å². The standard InChI is InChI=1S/C25H25ClN2O4S/c1-5-32-25(31)21-16(4)22(23(30)27-19-12-14(2)6-7-15(19)3)33-24(21)28-20(29)13-17-8-10-18(26)11-9-17/h6-12H,5,13H2,1-4H3,(H,27,30)(H,28,29). The first-order chi connectivity index (χ1) is 15.7. The molecule has 0 spiro atoms. The molecule has 2 amide bonds. The molecule has 0 aliphatic carbocycles. The average molecular weight is 485 g/mol. The third-order valence-electron chi connectivity index (χ3n) is 5.00. The van der Waals surface area contributed by atoms with E-state index in [0.717, 1.165) is 28.0 Å². The van der Waals surface area contributed by atoms with E-state index in [0.29, 0.717) is 21.2 Å². The lowest BCUT2D eigenvalue weighted by Crippen LogP contribution is -2.16. The topological polar surface area (TPSA) is 84.5 Å². The van der Waals surface area contributed by atoms with Crippen molar-refractivity contribution in [3.63, 3.8) is 0 Å². The Balaban J connectivity index is 1.89. The van der Waals surface area contributed by atoms with Crippen LogP contribution in [0.15, 0.2) is 42.5 Å². The van der Waals surface area contributed by atoms with Crippen LogP contribution in [-0.4, -0.2) is 24.4 Å². The highest BCUT2D eigenvalue weighted by Crippen LogP contribution is 2.34. The summed E-state index contributed by atoms with van der Waals surface area (Å²) >= 11 is 6.95. The zero-order chi connectivity index (χ0) is 24.1. The van der Waals surface area contributed by atoms with Crippen LogP contribution in [-0.2, 0) is 16.0 Å². The van der Waals surface area contributed by atoms with Crippen LogP contribution in [0.1, 0.15) is 49.2 Å². The fourth-order valence-corrected chi connectivity index (χ4v) is 4.51. The van der Waals surface area contributed by atoms with Crippen molar-refractivity contribution in [3.8, 4) is 0 Å². The zero-order valence-corrected chi connectivity index (χ0v) is 20.4. The molecule has 0 fully saturated rings. The summed E-state index contributed by atoms with van der Waals surface area (Å²) in [5.41, 5.74) is 4.06. The van der Waals surface area contributed by atoms with E-state index < -0.39 is 5.97 Å². The number of halogens is 1. The van der Waals surface area contributed by atoms with Crippen molar-refractivity contribution in [2.24, 2.45) is 0 Å². The molecule has 6 nitrogen and oxygen atoms in total. The smallest absolute Gasteiger partial charge is 0.341 e. The number of anilines is 2. The largest absolute Gasteiger partial charge is 0.462 e. The van der Waals surface area contributed by atoms with Gasteiger partial charge in [-0.25, -0.2) is 4.79 Å². The number of hydrogen-bond acceptors (Lipinski definition) is 5. The van der Waals surface area contributed by atoms with Gasteiger partial charge in [0.2, 0.25) is 5.91 Å². The number of ether oxygens (including phenoxy) is 1. The number of nitrogens with one attached hydrogen (secondary N) is 2. The van der Waals surface area contributed by atoms with Crippen molar-refractivity contribution in [3.05, 3.63) is 80.2 Å². The number of benzene rings is 2. The maximum atomic E-state index is 13.1. The quantitative estimate of drug-likeness (QED) is 0.406. The van der Waals surface area contributed by atoms with E-state index in [9.17, 15) is 14.4 Å². The summed E-state index contributed by atoms with van der Waals surface area (Å²) in [5, 5.41) is 6.56. The van der Waals surface area contributed by atoms with Gasteiger partial charge in [-0.1, -0.05) is 35.9 Å². The Morgan fingerprint density at radius 2 is 1.70 bits per heavy atom. The van der Waals surface area contributed by atoms with Crippen molar-refractivity contribution in [1.82, 2.24) is 0 Å². The SMILES string of the molecule is CCOC(=O)c1c(NC(=O)Cc2ccc(Cl)cc2)sc(C(=O)Nc2cc(C)ccc2C)c1C. The van der Waals surface area contributed by atoms with Crippen LogP contribution < -0.4 is 10.6 Å². The maximum Gasteiger partial charge on any atom is 0.341 e. The Hall–Kier alpha value is -3.16. The van der Waals surface area contributed by atoms with Crippen molar-refractivity contribution in [1.29, 1.82) is 0 Å². The lowest BCUT2D eigenvalue weighted by molar-refractivity contribution is -0.115. The summed E-state index contributed by atoms with van der Waals surface area (Å²) in [7, 11) is 0. The summed E-state index contributed by atoms with van der Waals surface area (Å²) in [6, 6.07) is 12.7. The molecule has 0 unspecified atom stereocenters. The highest BCUT2D eigenvalue weighted by Gasteiger charge is 2.27. The minimum Gasteiger partial charge on any atom is -0.462 e. The number of carbonyl (C=O) groups is 3. The van der Waals surface area contributed by atoms with E-state index in [4.69, 9.17) is 16.3 Å². The first-order valence-corrected chi connectivity index (χ1v) is 11.6. The maximum absolute atomic E-state index is 13.1. The molecule has 1 heterocycles. The van der Waals surface area contributed by atoms with Crippen molar-refractivity contribution in [2.75, 3.05) is 17.2 Å². The van der Waals surface area contributed by atoms with Gasteiger partial charge in [-0.3, -0.25) is 9.59 Å². The van der Waals surface area contributed by atoms with E-state index in [2.05, 4.69) is 10.6 Å². The van der Waals surface area contributed by atoms with Crippen LogP contribution in [0, 0.1) is 20.8 Å². The Morgan fingerprint density at radius 1 is 1.00 bits per heavy atom. The summed E-state index contributed by atoms with van der Waals surface area (Å²) in [6.07, 6.45) is 0.0976. The molecule has 3 aromatic rings. The van der Waals surface area contributed by atoms with Gasteiger partial charge in [0.1, 0.15) is 5.00 Å². The number of amides is 2. The molecule has 172 valence electrons. The van der Waals surface area contributed by atoms with Crippen LogP contribution >= 0.6 is 22.9 Å². The Bertz CT molecular complexity index is 1200. The van der Waals surface area contributed by atoms with Crippen molar-refractivity contribution < 1.29 is 19.1 Å². The van der Waals surface area contributed by atoms with Gasteiger partial charge in [0, 0.05) is 10.7 Å². The van der Waals surface area contributed by atoms with E-state index in [-0.39, 0.29) is 35.4 Å². The van der Waals surface area contributed by atoms with Crippen LogP contribution in [0.3, 0.4) is 0 Å². The molecule has 2 aromatic carbocycles. The Kier molecular flexibility index (Phi) is 7.89. The molecule has 0 aliphatic rings. The van der Waals surface area contributed by atoms with Gasteiger partial charge in [0.25, 0.3) is 5.91 Å². The number of rotatable bonds is 7. The highest BCUT2D eigenvalue weighted by molar-refractivity contribution is 7.19. The number of esters is 1. The van der Waals surface area contributed by atoms with E-state index >= 15 is 0 Å². The molecular weight excluding hydrogens is 460 g/mol. The van der Waals surface area contributed by atoms with Gasteiger partial charge < -0.3 is 15.4 Å².